The van der Waals surface area contributed by atoms with E-state index in [9.17, 15) is 4.79 Å². The molecule has 148 valence electrons. The third-order valence-corrected chi connectivity index (χ3v) is 4.75. The van der Waals surface area contributed by atoms with Gasteiger partial charge in [0.05, 0.1) is 19.6 Å². The van der Waals surface area contributed by atoms with Crippen LogP contribution in [0.5, 0.6) is 5.75 Å². The third kappa shape index (κ3) is 4.32. The monoisotopic (exact) mass is 380 g/mol. The van der Waals surface area contributed by atoms with Crippen molar-refractivity contribution in [1.82, 2.24) is 19.9 Å². The number of ether oxygens (including phenoxy) is 1. The molecule has 1 amide bonds. The van der Waals surface area contributed by atoms with Crippen molar-refractivity contribution < 1.29 is 9.53 Å². The Hall–Kier alpha value is -2.89. The molecule has 1 N–H and O–H groups in total. The summed E-state index contributed by atoms with van der Waals surface area (Å²) in [6.45, 7) is 7.12. The lowest BCUT2D eigenvalue weighted by atomic mass is 10.0. The number of aromatic nitrogens is 3. The zero-order valence-electron chi connectivity index (χ0n) is 17.0. The van der Waals surface area contributed by atoms with Crippen LogP contribution < -0.4 is 10.1 Å². The average Bonchev–Trinajstić information content (AvgIpc) is 3.06. The molecule has 1 atom stereocenters. The van der Waals surface area contributed by atoms with E-state index in [1.807, 2.05) is 36.4 Å². The summed E-state index contributed by atoms with van der Waals surface area (Å²) in [6.07, 6.45) is 2.85. The van der Waals surface area contributed by atoms with Crippen LogP contribution in [0.1, 0.15) is 44.6 Å². The van der Waals surface area contributed by atoms with E-state index in [1.54, 1.807) is 13.3 Å². The van der Waals surface area contributed by atoms with Gasteiger partial charge in [-0.05, 0) is 37.5 Å². The number of imidazole rings is 1. The summed E-state index contributed by atoms with van der Waals surface area (Å²) in [4.78, 5) is 22.1. The first kappa shape index (κ1) is 19.9. The van der Waals surface area contributed by atoms with E-state index in [-0.39, 0.29) is 18.4 Å². The molecule has 2 aromatic heterocycles. The first-order valence-corrected chi connectivity index (χ1v) is 9.75. The number of rotatable bonds is 8. The van der Waals surface area contributed by atoms with Crippen LogP contribution in [0.25, 0.3) is 11.2 Å². The topological polar surface area (TPSA) is 69.0 Å². The zero-order chi connectivity index (χ0) is 20.1. The standard InChI is InChI=1S/C22H28N4O2/c1-5-26-21-17(10-8-12-23-21)25-22(26)18(13-15(2)3)24-20(27)14-16-9-6-7-11-19(16)28-4/h6-12,15,18H,5,13-14H2,1-4H3,(H,24,27). The number of para-hydroxylation sites is 1. The van der Waals surface area contributed by atoms with Crippen molar-refractivity contribution in [2.45, 2.75) is 46.2 Å². The molecule has 1 aromatic carbocycles. The fourth-order valence-electron chi connectivity index (χ4n) is 3.52. The Morgan fingerprint density at radius 1 is 1.21 bits per heavy atom. The summed E-state index contributed by atoms with van der Waals surface area (Å²) in [6, 6.07) is 11.3. The second-order valence-electron chi connectivity index (χ2n) is 7.30. The van der Waals surface area contributed by atoms with Gasteiger partial charge in [-0.2, -0.15) is 0 Å². The van der Waals surface area contributed by atoms with E-state index in [0.717, 1.165) is 41.3 Å². The lowest BCUT2D eigenvalue weighted by molar-refractivity contribution is -0.121. The Morgan fingerprint density at radius 2 is 2.00 bits per heavy atom. The maximum atomic E-state index is 12.8. The summed E-state index contributed by atoms with van der Waals surface area (Å²) in [5, 5.41) is 3.19. The van der Waals surface area contributed by atoms with Gasteiger partial charge in [-0.15, -0.1) is 0 Å². The molecule has 0 aliphatic rings. The maximum Gasteiger partial charge on any atom is 0.225 e. The maximum absolute atomic E-state index is 12.8. The lowest BCUT2D eigenvalue weighted by Gasteiger charge is -2.21. The van der Waals surface area contributed by atoms with Gasteiger partial charge in [-0.25, -0.2) is 9.97 Å². The SMILES string of the molecule is CCn1c(C(CC(C)C)NC(=O)Cc2ccccc2OC)nc2cccnc21. The molecule has 1 unspecified atom stereocenters. The molecule has 2 heterocycles. The number of hydrogen-bond donors (Lipinski definition) is 1. The first-order chi connectivity index (χ1) is 13.5. The Balaban J connectivity index is 1.88. The largest absolute Gasteiger partial charge is 0.496 e. The number of nitrogens with one attached hydrogen (secondary N) is 1. The van der Waals surface area contributed by atoms with Gasteiger partial charge in [0.25, 0.3) is 0 Å². The molecule has 6 heteroatoms. The van der Waals surface area contributed by atoms with Crippen molar-refractivity contribution >= 4 is 17.1 Å². The smallest absolute Gasteiger partial charge is 0.225 e. The molecular weight excluding hydrogens is 352 g/mol. The molecule has 0 fully saturated rings. The predicted octanol–water partition coefficient (Wildman–Crippen LogP) is 3.91. The number of carbonyl (C=O) groups excluding carboxylic acids is 1. The van der Waals surface area contributed by atoms with Crippen LogP contribution in [0, 0.1) is 5.92 Å². The van der Waals surface area contributed by atoms with Crippen LogP contribution >= 0.6 is 0 Å². The molecule has 0 bridgehead atoms. The van der Waals surface area contributed by atoms with Gasteiger partial charge >= 0.3 is 0 Å². The van der Waals surface area contributed by atoms with E-state index < -0.39 is 0 Å². The van der Waals surface area contributed by atoms with Crippen LogP contribution in [0.4, 0.5) is 0 Å². The summed E-state index contributed by atoms with van der Waals surface area (Å²) in [5.41, 5.74) is 2.58. The second-order valence-corrected chi connectivity index (χ2v) is 7.30. The predicted molar refractivity (Wildman–Crippen MR) is 110 cm³/mol. The quantitative estimate of drug-likeness (QED) is 0.643. The molecule has 0 aliphatic heterocycles. The molecular formula is C22H28N4O2. The Bertz CT molecular complexity index is 949. The first-order valence-electron chi connectivity index (χ1n) is 9.75. The van der Waals surface area contributed by atoms with Crippen molar-refractivity contribution in [3.8, 4) is 5.75 Å². The lowest BCUT2D eigenvalue weighted by Crippen LogP contribution is -2.32. The van der Waals surface area contributed by atoms with Crippen LogP contribution in [-0.4, -0.2) is 27.6 Å². The van der Waals surface area contributed by atoms with Crippen molar-refractivity contribution in [2.24, 2.45) is 5.92 Å². The van der Waals surface area contributed by atoms with E-state index in [4.69, 9.17) is 9.72 Å². The molecule has 3 rings (SSSR count). The molecule has 0 saturated heterocycles. The molecule has 0 spiro atoms. The van der Waals surface area contributed by atoms with Gasteiger partial charge in [-0.3, -0.25) is 4.79 Å². The van der Waals surface area contributed by atoms with Gasteiger partial charge in [0.1, 0.15) is 17.1 Å². The minimum atomic E-state index is -0.170. The highest BCUT2D eigenvalue weighted by molar-refractivity contribution is 5.80. The van der Waals surface area contributed by atoms with Gasteiger partial charge in [0.15, 0.2) is 5.65 Å². The van der Waals surface area contributed by atoms with E-state index in [1.165, 1.54) is 0 Å². The molecule has 0 aliphatic carbocycles. The van der Waals surface area contributed by atoms with Gasteiger partial charge < -0.3 is 14.6 Å². The second kappa shape index (κ2) is 8.87. The summed E-state index contributed by atoms with van der Waals surface area (Å²) in [5.74, 6) is 1.95. The highest BCUT2D eigenvalue weighted by Crippen LogP contribution is 2.25. The third-order valence-electron chi connectivity index (χ3n) is 4.75. The van der Waals surface area contributed by atoms with Gasteiger partial charge in [-0.1, -0.05) is 32.0 Å². The average molecular weight is 380 g/mol. The Kier molecular flexibility index (Phi) is 6.29. The van der Waals surface area contributed by atoms with Crippen LogP contribution in [0.3, 0.4) is 0 Å². The minimum absolute atomic E-state index is 0.0437. The molecule has 0 saturated carbocycles. The molecule has 3 aromatic rings. The van der Waals surface area contributed by atoms with Crippen molar-refractivity contribution in [1.29, 1.82) is 0 Å². The number of hydrogen-bond acceptors (Lipinski definition) is 4. The highest BCUT2D eigenvalue weighted by Gasteiger charge is 2.23. The number of benzene rings is 1. The number of carbonyl (C=O) groups is 1. The van der Waals surface area contributed by atoms with E-state index in [0.29, 0.717) is 5.92 Å². The summed E-state index contributed by atoms with van der Waals surface area (Å²) < 4.78 is 7.46. The van der Waals surface area contributed by atoms with Crippen molar-refractivity contribution in [2.75, 3.05) is 7.11 Å². The van der Waals surface area contributed by atoms with Gasteiger partial charge in [0, 0.05) is 18.3 Å². The summed E-state index contributed by atoms with van der Waals surface area (Å²) in [7, 11) is 1.62. The normalized spacial score (nSPS) is 12.3. The van der Waals surface area contributed by atoms with Gasteiger partial charge in [0.2, 0.25) is 5.91 Å². The Morgan fingerprint density at radius 3 is 2.71 bits per heavy atom. The molecule has 28 heavy (non-hydrogen) atoms. The van der Waals surface area contributed by atoms with E-state index >= 15 is 0 Å². The summed E-state index contributed by atoms with van der Waals surface area (Å²) >= 11 is 0. The number of nitrogens with zero attached hydrogens (tertiary/aromatic N) is 3. The van der Waals surface area contributed by atoms with Crippen LogP contribution in [-0.2, 0) is 17.8 Å². The fourth-order valence-corrected chi connectivity index (χ4v) is 3.52. The number of pyridine rings is 1. The number of amides is 1. The van der Waals surface area contributed by atoms with Crippen LogP contribution in [0.2, 0.25) is 0 Å². The van der Waals surface area contributed by atoms with Crippen molar-refractivity contribution in [3.05, 3.63) is 54.0 Å². The number of methoxy groups -OCH3 is 1. The van der Waals surface area contributed by atoms with Crippen molar-refractivity contribution in [3.63, 3.8) is 0 Å². The number of fused-ring (bicyclic) bond motifs is 1. The number of aryl methyl sites for hydroxylation is 1. The zero-order valence-corrected chi connectivity index (χ0v) is 17.0. The van der Waals surface area contributed by atoms with Crippen LogP contribution in [0.15, 0.2) is 42.6 Å². The molecule has 6 nitrogen and oxygen atoms in total. The fraction of sp³-hybridized carbons (Fsp3) is 0.409. The van der Waals surface area contributed by atoms with E-state index in [2.05, 4.69) is 35.6 Å². The molecule has 0 radical (unpaired) electrons. The highest BCUT2D eigenvalue weighted by atomic mass is 16.5. The minimum Gasteiger partial charge on any atom is -0.496 e. The Labute approximate surface area is 166 Å².